The number of methoxy groups -OCH3 is 1. The molecule has 9 nitrogen and oxygen atoms in total. The molecule has 1 atom stereocenters. The van der Waals surface area contributed by atoms with Crippen molar-refractivity contribution in [1.29, 1.82) is 0 Å². The first-order valence-electron chi connectivity index (χ1n) is 13.0. The van der Waals surface area contributed by atoms with Crippen molar-refractivity contribution in [3.8, 4) is 17.1 Å². The number of carboxylic acids is 1. The Morgan fingerprint density at radius 3 is 2.60 bits per heavy atom. The van der Waals surface area contributed by atoms with Crippen molar-refractivity contribution in [3.05, 3.63) is 106 Å². The monoisotopic (exact) mass is 650 g/mol. The summed E-state index contributed by atoms with van der Waals surface area (Å²) in [7, 11) is 1.53. The van der Waals surface area contributed by atoms with E-state index in [9.17, 15) is 19.5 Å². The van der Waals surface area contributed by atoms with Gasteiger partial charge in [0.2, 0.25) is 0 Å². The number of thiazole rings is 1. The minimum absolute atomic E-state index is 0.145. The van der Waals surface area contributed by atoms with E-state index in [1.807, 2.05) is 19.1 Å². The molecule has 2 aromatic heterocycles. The summed E-state index contributed by atoms with van der Waals surface area (Å²) in [6, 6.07) is 12.8. The summed E-state index contributed by atoms with van der Waals surface area (Å²) >= 11 is 4.67. The number of aryl methyl sites for hydroxylation is 1. The van der Waals surface area contributed by atoms with Crippen molar-refractivity contribution in [2.24, 2.45) is 4.99 Å². The largest absolute Gasteiger partial charge is 0.496 e. The summed E-state index contributed by atoms with van der Waals surface area (Å²) < 4.78 is 19.8. The van der Waals surface area contributed by atoms with Gasteiger partial charge >= 0.3 is 11.9 Å². The number of rotatable bonds is 7. The number of carboxylic acid groups (broad SMARTS) is 1. The average Bonchev–Trinajstić information content (AvgIpc) is 3.51. The fourth-order valence-electron chi connectivity index (χ4n) is 4.80. The average molecular weight is 652 g/mol. The standard InChI is InChI=1S/C31H27BrN2O7S/c1-15(2)40-30(38)26-17(4)33-31-34(27(26)22-13-19(32)8-10-23(22)39-5)28(35)25(42-31)14-20-9-11-24(41-20)21-12-18(29(36)37)7-6-16(21)3/h6-15,27H,1-5H3,(H,36,37)/b25-14-/t27-/m0/s1. The number of fused-ring (bicyclic) bond motifs is 1. The molecule has 3 heterocycles. The number of esters is 1. The Kier molecular flexibility index (Phi) is 8.07. The Balaban J connectivity index is 1.67. The second kappa shape index (κ2) is 11.6. The van der Waals surface area contributed by atoms with E-state index < -0.39 is 18.0 Å². The maximum atomic E-state index is 14.0. The van der Waals surface area contributed by atoms with E-state index in [0.29, 0.717) is 43.4 Å². The summed E-state index contributed by atoms with van der Waals surface area (Å²) in [6.45, 7) is 7.10. The molecule has 0 aliphatic carbocycles. The highest BCUT2D eigenvalue weighted by Crippen LogP contribution is 2.37. The van der Waals surface area contributed by atoms with Crippen molar-refractivity contribution in [1.82, 2.24) is 4.57 Å². The minimum atomic E-state index is -1.03. The topological polar surface area (TPSA) is 120 Å². The zero-order valence-electron chi connectivity index (χ0n) is 23.4. The molecule has 0 saturated carbocycles. The number of carbonyl (C=O) groups excluding carboxylic acids is 1. The Morgan fingerprint density at radius 2 is 1.90 bits per heavy atom. The lowest BCUT2D eigenvalue weighted by Gasteiger charge is -2.26. The summed E-state index contributed by atoms with van der Waals surface area (Å²) in [5, 5.41) is 9.40. The number of aromatic carboxylic acids is 1. The highest BCUT2D eigenvalue weighted by atomic mass is 79.9. The van der Waals surface area contributed by atoms with E-state index in [2.05, 4.69) is 20.9 Å². The van der Waals surface area contributed by atoms with Gasteiger partial charge in [0, 0.05) is 21.7 Å². The SMILES string of the molecule is COc1ccc(Br)cc1[C@H]1C(C(=O)OC(C)C)=C(C)N=c2s/c(=C\c3ccc(-c4cc(C(=O)O)ccc4C)o3)c(=O)n21. The summed E-state index contributed by atoms with van der Waals surface area (Å²) in [5.74, 6) is -0.227. The van der Waals surface area contributed by atoms with Crippen LogP contribution in [0.3, 0.4) is 0 Å². The van der Waals surface area contributed by atoms with E-state index in [1.165, 1.54) is 29.1 Å². The van der Waals surface area contributed by atoms with Gasteiger partial charge in [-0.25, -0.2) is 14.6 Å². The zero-order chi connectivity index (χ0) is 30.3. The molecule has 1 aliphatic heterocycles. The van der Waals surface area contributed by atoms with Gasteiger partial charge in [-0.3, -0.25) is 9.36 Å². The van der Waals surface area contributed by atoms with Crippen molar-refractivity contribution in [2.75, 3.05) is 7.11 Å². The van der Waals surface area contributed by atoms with E-state index in [0.717, 1.165) is 10.0 Å². The number of hydrogen-bond donors (Lipinski definition) is 1. The molecule has 216 valence electrons. The number of hydrogen-bond acceptors (Lipinski definition) is 8. The molecule has 0 unspecified atom stereocenters. The molecule has 0 spiro atoms. The van der Waals surface area contributed by atoms with Crippen LogP contribution in [-0.2, 0) is 9.53 Å². The van der Waals surface area contributed by atoms with Crippen LogP contribution in [0.5, 0.6) is 5.75 Å². The molecule has 5 rings (SSSR count). The lowest BCUT2D eigenvalue weighted by molar-refractivity contribution is -0.143. The van der Waals surface area contributed by atoms with Crippen LogP contribution < -0.4 is 19.6 Å². The van der Waals surface area contributed by atoms with E-state index in [1.54, 1.807) is 57.2 Å². The summed E-state index contributed by atoms with van der Waals surface area (Å²) in [5.41, 5.74) is 2.55. The lowest BCUT2D eigenvalue weighted by Crippen LogP contribution is -2.40. The first-order valence-corrected chi connectivity index (χ1v) is 14.6. The predicted octanol–water partition coefficient (Wildman–Crippen LogP) is 5.22. The van der Waals surface area contributed by atoms with Gasteiger partial charge in [-0.15, -0.1) is 0 Å². The summed E-state index contributed by atoms with van der Waals surface area (Å²) in [4.78, 5) is 43.9. The number of carbonyl (C=O) groups is 2. The third-order valence-corrected chi connectivity index (χ3v) is 8.20. The number of benzene rings is 2. The predicted molar refractivity (Wildman–Crippen MR) is 162 cm³/mol. The maximum absolute atomic E-state index is 14.0. The van der Waals surface area contributed by atoms with Gasteiger partial charge in [-0.05, 0) is 75.7 Å². The summed E-state index contributed by atoms with van der Waals surface area (Å²) in [6.07, 6.45) is 1.24. The fourth-order valence-corrected chi connectivity index (χ4v) is 6.20. The van der Waals surface area contributed by atoms with Crippen molar-refractivity contribution in [2.45, 2.75) is 39.8 Å². The van der Waals surface area contributed by atoms with Crippen LogP contribution in [0.25, 0.3) is 17.4 Å². The van der Waals surface area contributed by atoms with Crippen molar-refractivity contribution < 1.29 is 28.6 Å². The third kappa shape index (κ3) is 5.49. The molecule has 11 heteroatoms. The Labute approximate surface area is 253 Å². The van der Waals surface area contributed by atoms with E-state index >= 15 is 0 Å². The van der Waals surface area contributed by atoms with Gasteiger partial charge in [0.1, 0.15) is 23.3 Å². The van der Waals surface area contributed by atoms with Crippen LogP contribution in [0.2, 0.25) is 0 Å². The molecular formula is C31H27BrN2O7S. The second-order valence-electron chi connectivity index (χ2n) is 9.96. The molecule has 0 amide bonds. The van der Waals surface area contributed by atoms with E-state index in [4.69, 9.17) is 13.9 Å². The fraction of sp³-hybridized carbons (Fsp3) is 0.226. The van der Waals surface area contributed by atoms with Gasteiger partial charge in [-0.1, -0.05) is 33.3 Å². The van der Waals surface area contributed by atoms with E-state index in [-0.39, 0.29) is 22.8 Å². The number of allylic oxidation sites excluding steroid dienone is 1. The molecule has 2 aromatic carbocycles. The van der Waals surface area contributed by atoms with Crippen LogP contribution >= 0.6 is 27.3 Å². The Bertz CT molecular complexity index is 1950. The molecule has 1 aliphatic rings. The second-order valence-corrected chi connectivity index (χ2v) is 11.9. The van der Waals surface area contributed by atoms with Gasteiger partial charge < -0.3 is 19.0 Å². The highest BCUT2D eigenvalue weighted by Gasteiger charge is 2.35. The Hall–Kier alpha value is -4.22. The normalized spacial score (nSPS) is 15.0. The van der Waals surface area contributed by atoms with Gasteiger partial charge in [0.25, 0.3) is 5.56 Å². The van der Waals surface area contributed by atoms with Crippen LogP contribution in [-0.4, -0.2) is 34.8 Å². The lowest BCUT2D eigenvalue weighted by atomic mass is 9.95. The molecule has 0 fully saturated rings. The molecule has 0 saturated heterocycles. The quantitative estimate of drug-likeness (QED) is 0.272. The van der Waals surface area contributed by atoms with Crippen LogP contribution in [0.4, 0.5) is 0 Å². The maximum Gasteiger partial charge on any atom is 0.338 e. The highest BCUT2D eigenvalue weighted by molar-refractivity contribution is 9.10. The molecule has 4 aromatic rings. The number of aromatic nitrogens is 1. The number of halogens is 1. The zero-order valence-corrected chi connectivity index (χ0v) is 25.8. The molecule has 42 heavy (non-hydrogen) atoms. The minimum Gasteiger partial charge on any atom is -0.496 e. The van der Waals surface area contributed by atoms with Crippen molar-refractivity contribution in [3.63, 3.8) is 0 Å². The number of furan rings is 1. The molecule has 0 radical (unpaired) electrons. The molecule has 1 N–H and O–H groups in total. The first kappa shape index (κ1) is 29.3. The molecule has 0 bridgehead atoms. The van der Waals surface area contributed by atoms with Crippen LogP contribution in [0.1, 0.15) is 54.1 Å². The number of nitrogens with zero attached hydrogens (tertiary/aromatic N) is 2. The molecular weight excluding hydrogens is 624 g/mol. The van der Waals surface area contributed by atoms with Crippen molar-refractivity contribution >= 4 is 45.3 Å². The first-order chi connectivity index (χ1) is 20.0. The number of ether oxygens (including phenoxy) is 2. The van der Waals surface area contributed by atoms with Gasteiger partial charge in [-0.2, -0.15) is 0 Å². The van der Waals surface area contributed by atoms with Gasteiger partial charge in [0.05, 0.1) is 34.6 Å². The third-order valence-electron chi connectivity index (χ3n) is 6.72. The van der Waals surface area contributed by atoms with Crippen LogP contribution in [0.15, 0.2) is 78.5 Å². The Morgan fingerprint density at radius 1 is 1.14 bits per heavy atom. The smallest absolute Gasteiger partial charge is 0.338 e. The van der Waals surface area contributed by atoms with Gasteiger partial charge in [0.15, 0.2) is 4.80 Å². The van der Waals surface area contributed by atoms with Crippen LogP contribution in [0, 0.1) is 6.92 Å².